The Morgan fingerprint density at radius 2 is 1.91 bits per heavy atom. The molecule has 0 spiro atoms. The summed E-state index contributed by atoms with van der Waals surface area (Å²) in [7, 11) is 1.79. The number of aryl methyl sites for hydroxylation is 1. The topological polar surface area (TPSA) is 63.9 Å². The fraction of sp³-hybridized carbons (Fsp3) is 0.312. The van der Waals surface area contributed by atoms with Crippen LogP contribution in [-0.4, -0.2) is 42.1 Å². The summed E-state index contributed by atoms with van der Waals surface area (Å²) in [4.78, 5) is 13.1. The summed E-state index contributed by atoms with van der Waals surface area (Å²) >= 11 is 0. The van der Waals surface area contributed by atoms with E-state index in [0.29, 0.717) is 32.2 Å². The van der Waals surface area contributed by atoms with E-state index >= 15 is 0 Å². The summed E-state index contributed by atoms with van der Waals surface area (Å²) in [5.74, 6) is 0.341. The van der Waals surface area contributed by atoms with Gasteiger partial charge in [-0.05, 0) is 5.56 Å². The molecule has 1 aliphatic heterocycles. The maximum Gasteiger partial charge on any atom is 0.512 e. The van der Waals surface area contributed by atoms with Crippen molar-refractivity contribution in [2.24, 2.45) is 7.05 Å². The summed E-state index contributed by atoms with van der Waals surface area (Å²) in [5.41, 5.74) is 2.79. The molecule has 1 aliphatic rings. The fourth-order valence-corrected chi connectivity index (χ4v) is 2.72. The minimum Gasteiger partial charge on any atom is -0.449 e. The second kappa shape index (κ2) is 6.11. The van der Waals surface area contributed by atoms with Gasteiger partial charge < -0.3 is 24.0 Å². The van der Waals surface area contributed by atoms with Crippen molar-refractivity contribution in [2.75, 3.05) is 31.2 Å². The highest BCUT2D eigenvalue weighted by Gasteiger charge is 2.25. The zero-order valence-electron chi connectivity index (χ0n) is 12.4. The lowest BCUT2D eigenvalue weighted by Crippen LogP contribution is -2.36. The molecule has 3 rings (SSSR count). The Morgan fingerprint density at radius 3 is 2.55 bits per heavy atom. The van der Waals surface area contributed by atoms with Crippen LogP contribution in [0.1, 0.15) is 0 Å². The Bertz CT molecular complexity index is 660. The SMILES string of the molecule is Cn1cc(-c2ccccc2)c(N2CCOCC2)c1OC(=O)O. The lowest BCUT2D eigenvalue weighted by atomic mass is 10.1. The molecule has 1 fully saturated rings. The first-order valence-corrected chi connectivity index (χ1v) is 7.15. The van der Waals surface area contributed by atoms with E-state index in [4.69, 9.17) is 14.6 Å². The van der Waals surface area contributed by atoms with Crippen LogP contribution in [0.15, 0.2) is 36.5 Å². The van der Waals surface area contributed by atoms with Crippen LogP contribution in [0.3, 0.4) is 0 Å². The van der Waals surface area contributed by atoms with Gasteiger partial charge in [0.2, 0.25) is 5.88 Å². The molecular weight excluding hydrogens is 284 g/mol. The Hall–Kier alpha value is -2.47. The van der Waals surface area contributed by atoms with Crippen LogP contribution < -0.4 is 9.64 Å². The van der Waals surface area contributed by atoms with E-state index in [-0.39, 0.29) is 0 Å². The van der Waals surface area contributed by atoms with Gasteiger partial charge in [-0.25, -0.2) is 4.79 Å². The molecule has 0 saturated carbocycles. The quantitative estimate of drug-likeness (QED) is 0.883. The lowest BCUT2D eigenvalue weighted by Gasteiger charge is -2.29. The van der Waals surface area contributed by atoms with Crippen LogP contribution in [0.2, 0.25) is 0 Å². The van der Waals surface area contributed by atoms with Crippen LogP contribution >= 0.6 is 0 Å². The molecule has 6 heteroatoms. The monoisotopic (exact) mass is 302 g/mol. The van der Waals surface area contributed by atoms with Gasteiger partial charge >= 0.3 is 6.16 Å². The van der Waals surface area contributed by atoms with Crippen molar-refractivity contribution < 1.29 is 19.4 Å². The predicted molar refractivity (Wildman–Crippen MR) is 82.5 cm³/mol. The summed E-state index contributed by atoms with van der Waals surface area (Å²) < 4.78 is 12.1. The van der Waals surface area contributed by atoms with Crippen LogP contribution in [-0.2, 0) is 11.8 Å². The molecular formula is C16H18N2O4. The first-order valence-electron chi connectivity index (χ1n) is 7.15. The number of morpholine rings is 1. The Labute approximate surface area is 128 Å². The van der Waals surface area contributed by atoms with Crippen molar-refractivity contribution >= 4 is 11.8 Å². The second-order valence-electron chi connectivity index (χ2n) is 5.14. The molecule has 6 nitrogen and oxygen atoms in total. The number of anilines is 1. The second-order valence-corrected chi connectivity index (χ2v) is 5.14. The van der Waals surface area contributed by atoms with E-state index in [9.17, 15) is 4.79 Å². The number of rotatable bonds is 3. The molecule has 1 N–H and O–H groups in total. The average molecular weight is 302 g/mol. The van der Waals surface area contributed by atoms with Crippen LogP contribution in [0.5, 0.6) is 5.88 Å². The van der Waals surface area contributed by atoms with E-state index < -0.39 is 6.16 Å². The molecule has 2 heterocycles. The van der Waals surface area contributed by atoms with Crippen molar-refractivity contribution in [3.8, 4) is 17.0 Å². The van der Waals surface area contributed by atoms with E-state index in [1.165, 1.54) is 0 Å². The van der Waals surface area contributed by atoms with E-state index in [0.717, 1.165) is 16.8 Å². The normalized spacial score (nSPS) is 14.9. The highest BCUT2D eigenvalue weighted by atomic mass is 16.7. The third-order valence-corrected chi connectivity index (χ3v) is 3.70. The maximum absolute atomic E-state index is 11.0. The maximum atomic E-state index is 11.0. The number of benzene rings is 1. The van der Waals surface area contributed by atoms with Gasteiger partial charge in [-0.1, -0.05) is 30.3 Å². The summed E-state index contributed by atoms with van der Waals surface area (Å²) in [6.07, 6.45) is 0.591. The van der Waals surface area contributed by atoms with Crippen molar-refractivity contribution in [1.82, 2.24) is 4.57 Å². The third-order valence-electron chi connectivity index (χ3n) is 3.70. The lowest BCUT2D eigenvalue weighted by molar-refractivity contribution is 0.122. The summed E-state index contributed by atoms with van der Waals surface area (Å²) in [5, 5.41) is 9.02. The summed E-state index contributed by atoms with van der Waals surface area (Å²) in [6, 6.07) is 9.88. The van der Waals surface area contributed by atoms with Gasteiger partial charge in [0.05, 0.1) is 13.2 Å². The molecule has 1 saturated heterocycles. The first kappa shape index (κ1) is 14.5. The molecule has 0 atom stereocenters. The standard InChI is InChI=1S/C16H18N2O4/c1-17-11-13(12-5-3-2-4-6-12)14(15(17)22-16(19)20)18-7-9-21-10-8-18/h2-6,11H,7-10H2,1H3,(H,19,20). The minimum atomic E-state index is -1.31. The molecule has 0 unspecified atom stereocenters. The Kier molecular flexibility index (Phi) is 4.02. The fourth-order valence-electron chi connectivity index (χ4n) is 2.72. The van der Waals surface area contributed by atoms with Gasteiger partial charge in [-0.15, -0.1) is 0 Å². The zero-order chi connectivity index (χ0) is 15.5. The smallest absolute Gasteiger partial charge is 0.449 e. The van der Waals surface area contributed by atoms with E-state index in [1.807, 2.05) is 36.5 Å². The molecule has 1 aromatic heterocycles. The average Bonchev–Trinajstić information content (AvgIpc) is 2.85. The number of nitrogens with zero attached hydrogens (tertiary/aromatic N) is 2. The van der Waals surface area contributed by atoms with Crippen molar-refractivity contribution in [1.29, 1.82) is 0 Å². The van der Waals surface area contributed by atoms with Crippen molar-refractivity contribution in [3.05, 3.63) is 36.5 Å². The first-order chi connectivity index (χ1) is 10.7. The van der Waals surface area contributed by atoms with Gasteiger partial charge in [0, 0.05) is 31.9 Å². The van der Waals surface area contributed by atoms with Gasteiger partial charge in [0.15, 0.2) is 0 Å². The van der Waals surface area contributed by atoms with Crippen LogP contribution in [0.4, 0.5) is 10.5 Å². The van der Waals surface area contributed by atoms with E-state index in [1.54, 1.807) is 11.6 Å². The number of carbonyl (C=O) groups is 1. The van der Waals surface area contributed by atoms with Crippen molar-refractivity contribution in [3.63, 3.8) is 0 Å². The van der Waals surface area contributed by atoms with Gasteiger partial charge in [-0.3, -0.25) is 0 Å². The van der Waals surface area contributed by atoms with Gasteiger partial charge in [0.25, 0.3) is 0 Å². The molecule has 1 aromatic carbocycles. The predicted octanol–water partition coefficient (Wildman–Crippen LogP) is 2.59. The van der Waals surface area contributed by atoms with Crippen LogP contribution in [0.25, 0.3) is 11.1 Å². The molecule has 116 valence electrons. The Morgan fingerprint density at radius 1 is 1.23 bits per heavy atom. The van der Waals surface area contributed by atoms with Gasteiger partial charge in [0.1, 0.15) is 5.69 Å². The highest BCUT2D eigenvalue weighted by molar-refractivity contribution is 5.84. The van der Waals surface area contributed by atoms with E-state index in [2.05, 4.69) is 4.90 Å². The van der Waals surface area contributed by atoms with Crippen molar-refractivity contribution in [2.45, 2.75) is 0 Å². The largest absolute Gasteiger partial charge is 0.512 e. The number of hydrogen-bond donors (Lipinski definition) is 1. The minimum absolute atomic E-state index is 0.341. The molecule has 0 bridgehead atoms. The molecule has 0 amide bonds. The number of aromatic nitrogens is 1. The molecule has 2 aromatic rings. The number of carboxylic acid groups (broad SMARTS) is 1. The molecule has 0 aliphatic carbocycles. The zero-order valence-corrected chi connectivity index (χ0v) is 12.4. The highest BCUT2D eigenvalue weighted by Crippen LogP contribution is 2.40. The summed E-state index contributed by atoms with van der Waals surface area (Å²) in [6.45, 7) is 2.66. The Balaban J connectivity index is 2.10. The molecule has 22 heavy (non-hydrogen) atoms. The number of ether oxygens (including phenoxy) is 2. The van der Waals surface area contributed by atoms with Crippen LogP contribution in [0, 0.1) is 0 Å². The molecule has 0 radical (unpaired) electrons. The third kappa shape index (κ3) is 2.78. The number of hydrogen-bond acceptors (Lipinski definition) is 4. The van der Waals surface area contributed by atoms with Gasteiger partial charge in [-0.2, -0.15) is 0 Å².